The number of aryl methyl sites for hydroxylation is 2. The number of nitro benzene ring substituents is 1. The number of nitro groups is 1. The van der Waals surface area contributed by atoms with Crippen molar-refractivity contribution in [3.8, 4) is 5.75 Å². The van der Waals surface area contributed by atoms with Gasteiger partial charge in [-0.2, -0.15) is 0 Å². The van der Waals surface area contributed by atoms with Gasteiger partial charge in [0.25, 0.3) is 5.69 Å². The summed E-state index contributed by atoms with van der Waals surface area (Å²) in [4.78, 5) is 16.0. The van der Waals surface area contributed by atoms with E-state index >= 15 is 0 Å². The van der Waals surface area contributed by atoms with Gasteiger partial charge in [-0.15, -0.1) is 0 Å². The quantitative estimate of drug-likeness (QED) is 0.122. The van der Waals surface area contributed by atoms with Crippen LogP contribution in [0.15, 0.2) is 89.9 Å². The summed E-state index contributed by atoms with van der Waals surface area (Å²) >= 11 is 0. The van der Waals surface area contributed by atoms with Crippen LogP contribution in [0.2, 0.25) is 0 Å². The molecular formula is C38H44N2O4. The molecule has 4 aromatic carbocycles. The molecule has 0 saturated carbocycles. The van der Waals surface area contributed by atoms with E-state index in [4.69, 9.17) is 4.99 Å². The predicted octanol–water partition coefficient (Wildman–Crippen LogP) is 8.48. The molecule has 6 heteroatoms. The molecule has 2 N–H and O–H groups in total. The van der Waals surface area contributed by atoms with Gasteiger partial charge in [-0.1, -0.05) is 119 Å². The molecule has 0 spiro atoms. The van der Waals surface area contributed by atoms with Gasteiger partial charge in [-0.25, -0.2) is 0 Å². The summed E-state index contributed by atoms with van der Waals surface area (Å²) in [5, 5.41) is 35.7. The minimum atomic E-state index is -1.62. The van der Waals surface area contributed by atoms with Crippen LogP contribution in [-0.2, 0) is 22.9 Å². The van der Waals surface area contributed by atoms with E-state index in [1.807, 2.05) is 54.6 Å². The fourth-order valence-electron chi connectivity index (χ4n) is 5.80. The molecule has 1 atom stereocenters. The monoisotopic (exact) mass is 592 g/mol. The van der Waals surface area contributed by atoms with Gasteiger partial charge in [-0.05, 0) is 65.0 Å². The van der Waals surface area contributed by atoms with Crippen LogP contribution in [0.4, 0.5) is 5.69 Å². The average molecular weight is 593 g/mol. The number of benzene rings is 4. The Kier molecular flexibility index (Phi) is 9.17. The van der Waals surface area contributed by atoms with Crippen molar-refractivity contribution in [2.45, 2.75) is 84.3 Å². The summed E-state index contributed by atoms with van der Waals surface area (Å²) in [5.41, 5.74) is 4.51. The van der Waals surface area contributed by atoms with Gasteiger partial charge in [0.2, 0.25) is 0 Å². The molecule has 0 fully saturated rings. The van der Waals surface area contributed by atoms with Gasteiger partial charge >= 0.3 is 0 Å². The van der Waals surface area contributed by atoms with Crippen molar-refractivity contribution in [3.05, 3.63) is 140 Å². The van der Waals surface area contributed by atoms with E-state index in [1.165, 1.54) is 24.4 Å². The molecule has 0 amide bonds. The van der Waals surface area contributed by atoms with Crippen LogP contribution in [0.1, 0.15) is 86.1 Å². The third-order valence-corrected chi connectivity index (χ3v) is 8.16. The molecule has 0 bridgehead atoms. The molecule has 230 valence electrons. The smallest absolute Gasteiger partial charge is 0.270 e. The molecule has 6 nitrogen and oxygen atoms in total. The normalized spacial score (nSPS) is 13.3. The third kappa shape index (κ3) is 6.92. The van der Waals surface area contributed by atoms with Crippen molar-refractivity contribution >= 4 is 11.9 Å². The highest BCUT2D eigenvalue weighted by atomic mass is 16.6. The zero-order valence-electron chi connectivity index (χ0n) is 27.1. The standard InChI is InChI=1S/C38H44N2O4/c1-25-14-17-30(32(20-25)36(3,4)5)38(42,31-18-15-26(2)21-33(31)37(6,7)8)35(22-27-12-10-9-11-13-27)39-24-28-23-29(40(43)44)16-19-34(28)41/h9-21,23-24,35,41-42H,22H2,1-8H3. The van der Waals surface area contributed by atoms with Crippen molar-refractivity contribution < 1.29 is 15.1 Å². The molecule has 0 heterocycles. The first kappa shape index (κ1) is 32.6. The Morgan fingerprint density at radius 2 is 1.30 bits per heavy atom. The van der Waals surface area contributed by atoms with Gasteiger partial charge < -0.3 is 10.2 Å². The fraction of sp³-hybridized carbons (Fsp3) is 0.342. The number of phenols is 1. The molecule has 1 unspecified atom stereocenters. The summed E-state index contributed by atoms with van der Waals surface area (Å²) in [6.07, 6.45) is 1.83. The van der Waals surface area contributed by atoms with Gasteiger partial charge in [0.15, 0.2) is 0 Å². The zero-order valence-corrected chi connectivity index (χ0v) is 27.1. The summed E-state index contributed by atoms with van der Waals surface area (Å²) in [7, 11) is 0. The number of hydrogen-bond donors (Lipinski definition) is 2. The molecule has 0 aliphatic carbocycles. The van der Waals surface area contributed by atoms with Crippen molar-refractivity contribution in [3.63, 3.8) is 0 Å². The molecule has 0 aliphatic rings. The number of rotatable bonds is 8. The zero-order chi connectivity index (χ0) is 32.4. The molecular weight excluding hydrogens is 548 g/mol. The van der Waals surface area contributed by atoms with E-state index in [2.05, 4.69) is 67.5 Å². The lowest BCUT2D eigenvalue weighted by Crippen LogP contribution is -2.44. The van der Waals surface area contributed by atoms with E-state index in [0.717, 1.165) is 38.9 Å². The Morgan fingerprint density at radius 1 is 0.773 bits per heavy atom. The van der Waals surface area contributed by atoms with E-state index in [-0.39, 0.29) is 27.8 Å². The van der Waals surface area contributed by atoms with Gasteiger partial charge in [0, 0.05) is 23.9 Å². The lowest BCUT2D eigenvalue weighted by Gasteiger charge is -2.41. The van der Waals surface area contributed by atoms with Crippen molar-refractivity contribution in [2.24, 2.45) is 4.99 Å². The molecule has 0 aromatic heterocycles. The summed E-state index contributed by atoms with van der Waals surface area (Å²) in [6, 6.07) is 25.3. The van der Waals surface area contributed by atoms with E-state index in [1.54, 1.807) is 0 Å². The Labute approximate surface area is 261 Å². The van der Waals surface area contributed by atoms with E-state index in [0.29, 0.717) is 6.42 Å². The van der Waals surface area contributed by atoms with Crippen molar-refractivity contribution in [1.29, 1.82) is 0 Å². The van der Waals surface area contributed by atoms with Gasteiger partial charge in [0.05, 0.1) is 11.0 Å². The second kappa shape index (κ2) is 12.4. The molecule has 44 heavy (non-hydrogen) atoms. The minimum absolute atomic E-state index is 0.127. The number of aliphatic imine (C=N–C) groups is 1. The fourth-order valence-corrected chi connectivity index (χ4v) is 5.80. The molecule has 0 saturated heterocycles. The van der Waals surface area contributed by atoms with Crippen LogP contribution in [0.5, 0.6) is 5.75 Å². The molecule has 4 aromatic rings. The van der Waals surface area contributed by atoms with E-state index in [9.17, 15) is 20.3 Å². The number of nitrogens with zero attached hydrogens (tertiary/aromatic N) is 2. The Hall–Kier alpha value is -4.29. The highest BCUT2D eigenvalue weighted by molar-refractivity contribution is 5.84. The molecule has 4 rings (SSSR count). The number of phenolic OH excluding ortho intramolecular Hbond substituents is 1. The first-order chi connectivity index (χ1) is 20.5. The highest BCUT2D eigenvalue weighted by Crippen LogP contribution is 2.45. The molecule has 0 radical (unpaired) electrons. The van der Waals surface area contributed by atoms with Gasteiger partial charge in [-0.3, -0.25) is 15.1 Å². The maximum atomic E-state index is 13.6. The van der Waals surface area contributed by atoms with E-state index < -0.39 is 16.6 Å². The second-order valence-corrected chi connectivity index (χ2v) is 13.8. The maximum absolute atomic E-state index is 13.6. The summed E-state index contributed by atoms with van der Waals surface area (Å²) < 4.78 is 0. The van der Waals surface area contributed by atoms with Crippen LogP contribution in [0, 0.1) is 24.0 Å². The lowest BCUT2D eigenvalue weighted by molar-refractivity contribution is -0.384. The molecule has 0 aliphatic heterocycles. The first-order valence-electron chi connectivity index (χ1n) is 15.0. The number of aliphatic hydroxyl groups is 1. The number of hydrogen-bond acceptors (Lipinski definition) is 5. The Bertz CT molecular complexity index is 1610. The SMILES string of the molecule is Cc1ccc(C(O)(c2ccc(C)cc2C(C)(C)C)C(Cc2ccccc2)N=Cc2cc([N+](=O)[O-])ccc2O)c(C(C)(C)C)c1. The minimum Gasteiger partial charge on any atom is -0.507 e. The van der Waals surface area contributed by atoms with Crippen LogP contribution < -0.4 is 0 Å². The first-order valence-corrected chi connectivity index (χ1v) is 15.0. The third-order valence-electron chi connectivity index (χ3n) is 8.16. The number of non-ortho nitro benzene ring substituents is 1. The second-order valence-electron chi connectivity index (χ2n) is 13.8. The average Bonchev–Trinajstić information content (AvgIpc) is 2.95. The highest BCUT2D eigenvalue weighted by Gasteiger charge is 2.45. The van der Waals surface area contributed by atoms with Crippen LogP contribution in [-0.4, -0.2) is 27.4 Å². The Balaban J connectivity index is 2.10. The van der Waals surface area contributed by atoms with Gasteiger partial charge in [0.1, 0.15) is 11.4 Å². The summed E-state index contributed by atoms with van der Waals surface area (Å²) in [6.45, 7) is 16.9. The summed E-state index contributed by atoms with van der Waals surface area (Å²) in [5.74, 6) is -0.127. The van der Waals surface area contributed by atoms with Crippen LogP contribution in [0.3, 0.4) is 0 Å². The van der Waals surface area contributed by atoms with Crippen molar-refractivity contribution in [1.82, 2.24) is 0 Å². The predicted molar refractivity (Wildman–Crippen MR) is 179 cm³/mol. The van der Waals surface area contributed by atoms with Crippen LogP contribution >= 0.6 is 0 Å². The Morgan fingerprint density at radius 3 is 1.77 bits per heavy atom. The maximum Gasteiger partial charge on any atom is 0.270 e. The van der Waals surface area contributed by atoms with Crippen LogP contribution in [0.25, 0.3) is 0 Å². The topological polar surface area (TPSA) is 96.0 Å². The lowest BCUT2D eigenvalue weighted by atomic mass is 9.68. The largest absolute Gasteiger partial charge is 0.507 e. The van der Waals surface area contributed by atoms with Crippen molar-refractivity contribution in [2.75, 3.05) is 0 Å². The number of aromatic hydroxyl groups is 1.